The van der Waals surface area contributed by atoms with Gasteiger partial charge in [-0.05, 0) is 29.2 Å². The molecule has 0 aromatic heterocycles. The standard InChI is InChI=1S/C29H25N3O2/c1-22(33)34-28-17-18-32(27(28)19-23(20-30)21-31)29(24-11-5-2-6-12-24,25-13-7-3-8-14-25)26-15-9-4-10-16-26/h2-16,19,27-28H,17-18H2,1H3. The molecule has 0 amide bonds. The average Bonchev–Trinajstić information content (AvgIpc) is 3.26. The van der Waals surface area contributed by atoms with Crippen LogP contribution in [0.25, 0.3) is 0 Å². The van der Waals surface area contributed by atoms with Crippen molar-refractivity contribution >= 4 is 5.97 Å². The zero-order chi connectivity index (χ0) is 24.0. The number of nitriles is 2. The van der Waals surface area contributed by atoms with Gasteiger partial charge in [-0.2, -0.15) is 10.5 Å². The van der Waals surface area contributed by atoms with Crippen LogP contribution in [0.15, 0.2) is 103 Å². The lowest BCUT2D eigenvalue weighted by Gasteiger charge is -2.46. The van der Waals surface area contributed by atoms with E-state index in [-0.39, 0.29) is 11.5 Å². The molecule has 2 atom stereocenters. The van der Waals surface area contributed by atoms with Gasteiger partial charge in [0.25, 0.3) is 0 Å². The van der Waals surface area contributed by atoms with Crippen LogP contribution in [-0.4, -0.2) is 29.6 Å². The third-order valence-corrected chi connectivity index (χ3v) is 6.30. The van der Waals surface area contributed by atoms with Crippen LogP contribution in [0.5, 0.6) is 0 Å². The Morgan fingerprint density at radius 1 is 0.882 bits per heavy atom. The van der Waals surface area contributed by atoms with Crippen LogP contribution in [0.1, 0.15) is 30.0 Å². The maximum Gasteiger partial charge on any atom is 0.302 e. The number of hydrogen-bond acceptors (Lipinski definition) is 5. The van der Waals surface area contributed by atoms with Crippen LogP contribution >= 0.6 is 0 Å². The second kappa shape index (κ2) is 10.2. The molecular weight excluding hydrogens is 422 g/mol. The highest BCUT2D eigenvalue weighted by atomic mass is 16.5. The van der Waals surface area contributed by atoms with Crippen LogP contribution in [0.3, 0.4) is 0 Å². The molecule has 3 aromatic carbocycles. The summed E-state index contributed by atoms with van der Waals surface area (Å²) < 4.78 is 5.70. The molecule has 5 heteroatoms. The molecular formula is C29H25N3O2. The minimum absolute atomic E-state index is 0.00265. The van der Waals surface area contributed by atoms with E-state index in [4.69, 9.17) is 4.74 Å². The second-order valence-electron chi connectivity index (χ2n) is 8.23. The largest absolute Gasteiger partial charge is 0.460 e. The lowest BCUT2D eigenvalue weighted by atomic mass is 9.75. The number of nitrogens with zero attached hydrogens (tertiary/aromatic N) is 3. The average molecular weight is 448 g/mol. The molecule has 2 unspecified atom stereocenters. The number of rotatable bonds is 6. The molecule has 1 fully saturated rings. The van der Waals surface area contributed by atoms with Gasteiger partial charge >= 0.3 is 5.97 Å². The summed E-state index contributed by atoms with van der Waals surface area (Å²) in [5, 5.41) is 19.1. The number of carbonyl (C=O) groups excluding carboxylic acids is 1. The molecule has 0 saturated carbocycles. The molecule has 0 spiro atoms. The fraction of sp³-hybridized carbons (Fsp3) is 0.207. The molecule has 3 aromatic rings. The van der Waals surface area contributed by atoms with E-state index in [1.54, 1.807) is 6.08 Å². The van der Waals surface area contributed by atoms with Crippen molar-refractivity contribution in [2.75, 3.05) is 6.54 Å². The van der Waals surface area contributed by atoms with E-state index in [0.29, 0.717) is 13.0 Å². The van der Waals surface area contributed by atoms with Gasteiger partial charge in [0.15, 0.2) is 0 Å². The Hall–Kier alpha value is -4.19. The highest BCUT2D eigenvalue weighted by molar-refractivity contribution is 5.66. The van der Waals surface area contributed by atoms with E-state index >= 15 is 0 Å². The summed E-state index contributed by atoms with van der Waals surface area (Å²) >= 11 is 0. The zero-order valence-corrected chi connectivity index (χ0v) is 19.0. The topological polar surface area (TPSA) is 77.1 Å². The molecule has 5 nitrogen and oxygen atoms in total. The molecule has 1 heterocycles. The van der Waals surface area contributed by atoms with Gasteiger partial charge in [-0.15, -0.1) is 0 Å². The number of hydrogen-bond donors (Lipinski definition) is 0. The maximum absolute atomic E-state index is 11.9. The first-order valence-electron chi connectivity index (χ1n) is 11.2. The van der Waals surface area contributed by atoms with Crippen LogP contribution in [-0.2, 0) is 15.1 Å². The fourth-order valence-electron chi connectivity index (χ4n) is 5.02. The molecule has 1 saturated heterocycles. The summed E-state index contributed by atoms with van der Waals surface area (Å²) in [5.41, 5.74) is 2.40. The molecule has 1 aliphatic heterocycles. The van der Waals surface area contributed by atoms with E-state index in [0.717, 1.165) is 16.7 Å². The zero-order valence-electron chi connectivity index (χ0n) is 19.0. The number of allylic oxidation sites excluding steroid dienone is 1. The summed E-state index contributed by atoms with van der Waals surface area (Å²) in [6.07, 6.45) is 1.74. The van der Waals surface area contributed by atoms with Crippen molar-refractivity contribution in [1.82, 2.24) is 4.90 Å². The highest BCUT2D eigenvalue weighted by Crippen LogP contribution is 2.46. The third kappa shape index (κ3) is 4.22. The number of likely N-dealkylation sites (tertiary alicyclic amines) is 1. The summed E-state index contributed by atoms with van der Waals surface area (Å²) in [6.45, 7) is 1.99. The molecule has 0 bridgehead atoms. The summed E-state index contributed by atoms with van der Waals surface area (Å²) in [4.78, 5) is 14.2. The SMILES string of the molecule is CC(=O)OC1CCN(C(c2ccccc2)(c2ccccc2)c2ccccc2)C1C=C(C#N)C#N. The molecule has 0 aliphatic carbocycles. The number of benzene rings is 3. The van der Waals surface area contributed by atoms with Gasteiger partial charge < -0.3 is 4.74 Å². The lowest BCUT2D eigenvalue weighted by Crippen LogP contribution is -2.52. The quantitative estimate of drug-likeness (QED) is 0.303. The molecule has 1 aliphatic rings. The minimum atomic E-state index is -0.740. The first kappa shape index (κ1) is 23.0. The van der Waals surface area contributed by atoms with Gasteiger partial charge in [-0.1, -0.05) is 91.0 Å². The summed E-state index contributed by atoms with van der Waals surface area (Å²) in [6, 6.07) is 34.0. The first-order chi connectivity index (χ1) is 16.6. The van der Waals surface area contributed by atoms with Gasteiger partial charge in [0.1, 0.15) is 23.8 Å². The summed E-state index contributed by atoms with van der Waals surface area (Å²) in [5.74, 6) is -0.384. The Kier molecular flexibility index (Phi) is 6.87. The smallest absolute Gasteiger partial charge is 0.302 e. The van der Waals surface area contributed by atoms with Crippen molar-refractivity contribution in [2.45, 2.75) is 31.0 Å². The van der Waals surface area contributed by atoms with Crippen LogP contribution < -0.4 is 0 Å². The first-order valence-corrected chi connectivity index (χ1v) is 11.2. The summed E-state index contributed by atoms with van der Waals surface area (Å²) in [7, 11) is 0. The van der Waals surface area contributed by atoms with Crippen molar-refractivity contribution in [1.29, 1.82) is 10.5 Å². The van der Waals surface area contributed by atoms with E-state index in [1.807, 2.05) is 66.7 Å². The number of esters is 1. The normalized spacial score (nSPS) is 17.9. The monoisotopic (exact) mass is 447 g/mol. The van der Waals surface area contributed by atoms with Crippen LogP contribution in [0.4, 0.5) is 0 Å². The van der Waals surface area contributed by atoms with Crippen molar-refractivity contribution in [3.63, 3.8) is 0 Å². The molecule has 34 heavy (non-hydrogen) atoms. The fourth-order valence-corrected chi connectivity index (χ4v) is 5.02. The van der Waals surface area contributed by atoms with Crippen molar-refractivity contribution < 1.29 is 9.53 Å². The van der Waals surface area contributed by atoms with Gasteiger partial charge in [-0.3, -0.25) is 9.69 Å². The number of carbonyl (C=O) groups is 1. The number of ether oxygens (including phenoxy) is 1. The predicted octanol–water partition coefficient (Wildman–Crippen LogP) is 4.96. The lowest BCUT2D eigenvalue weighted by molar-refractivity contribution is -0.147. The van der Waals surface area contributed by atoms with Crippen LogP contribution in [0.2, 0.25) is 0 Å². The van der Waals surface area contributed by atoms with Gasteiger partial charge in [0.2, 0.25) is 0 Å². The van der Waals surface area contributed by atoms with Crippen molar-refractivity contribution in [3.8, 4) is 12.1 Å². The Morgan fingerprint density at radius 2 is 1.32 bits per heavy atom. The van der Waals surface area contributed by atoms with E-state index < -0.39 is 17.7 Å². The molecule has 0 radical (unpaired) electrons. The van der Waals surface area contributed by atoms with E-state index in [2.05, 4.69) is 41.3 Å². The minimum Gasteiger partial charge on any atom is -0.460 e. The molecule has 0 N–H and O–H groups in total. The van der Waals surface area contributed by atoms with Gasteiger partial charge in [0.05, 0.1) is 11.6 Å². The second-order valence-corrected chi connectivity index (χ2v) is 8.23. The third-order valence-electron chi connectivity index (χ3n) is 6.30. The Morgan fingerprint density at radius 3 is 1.71 bits per heavy atom. The van der Waals surface area contributed by atoms with E-state index in [9.17, 15) is 15.3 Å². The maximum atomic E-state index is 11.9. The van der Waals surface area contributed by atoms with Crippen molar-refractivity contribution in [3.05, 3.63) is 119 Å². The molecule has 4 rings (SSSR count). The Balaban J connectivity index is 2.03. The van der Waals surface area contributed by atoms with Gasteiger partial charge in [-0.25, -0.2) is 0 Å². The molecule has 168 valence electrons. The van der Waals surface area contributed by atoms with E-state index in [1.165, 1.54) is 6.92 Å². The van der Waals surface area contributed by atoms with Crippen molar-refractivity contribution in [2.24, 2.45) is 0 Å². The van der Waals surface area contributed by atoms with Crippen LogP contribution in [0, 0.1) is 22.7 Å². The Labute approximate surface area is 200 Å². The van der Waals surface area contributed by atoms with Gasteiger partial charge in [0, 0.05) is 13.5 Å². The Bertz CT molecular complexity index is 1130. The predicted molar refractivity (Wildman–Crippen MR) is 129 cm³/mol. The highest BCUT2D eigenvalue weighted by Gasteiger charge is 2.50.